The smallest absolute Gasteiger partial charge is 0.269 e. The number of ether oxygens (including phenoxy) is 2. The summed E-state index contributed by atoms with van der Waals surface area (Å²) in [6.45, 7) is 3.65. The molecule has 25 heavy (non-hydrogen) atoms. The number of benzene rings is 2. The Morgan fingerprint density at radius 1 is 1.24 bits per heavy atom. The molecule has 0 fully saturated rings. The van der Waals surface area contributed by atoms with Crippen LogP contribution in [-0.2, 0) is 4.79 Å². The lowest BCUT2D eigenvalue weighted by Crippen LogP contribution is -2.31. The molecule has 2 aromatic carbocycles. The van der Waals surface area contributed by atoms with Gasteiger partial charge >= 0.3 is 0 Å². The van der Waals surface area contributed by atoms with Crippen LogP contribution in [0.1, 0.15) is 24.1 Å². The van der Waals surface area contributed by atoms with Crippen LogP contribution in [0.2, 0.25) is 0 Å². The number of aryl methyl sites for hydroxylation is 1. The average Bonchev–Trinajstić information content (AvgIpc) is 2.60. The number of non-ortho nitro benzene ring substituents is 1. The van der Waals surface area contributed by atoms with Gasteiger partial charge in [0.05, 0.1) is 18.1 Å². The maximum atomic E-state index is 12.1. The highest BCUT2D eigenvalue weighted by molar-refractivity contribution is 5.78. The van der Waals surface area contributed by atoms with Gasteiger partial charge in [0.2, 0.25) is 0 Å². The van der Waals surface area contributed by atoms with Crippen molar-refractivity contribution in [1.82, 2.24) is 5.32 Å². The van der Waals surface area contributed by atoms with Gasteiger partial charge in [-0.15, -0.1) is 0 Å². The maximum Gasteiger partial charge on any atom is 0.269 e. The molecule has 0 spiro atoms. The van der Waals surface area contributed by atoms with Crippen molar-refractivity contribution in [3.8, 4) is 11.5 Å². The van der Waals surface area contributed by atoms with Gasteiger partial charge in [0, 0.05) is 17.7 Å². The largest absolute Gasteiger partial charge is 0.496 e. The van der Waals surface area contributed by atoms with Crippen molar-refractivity contribution in [2.24, 2.45) is 0 Å². The quantitative estimate of drug-likeness (QED) is 0.615. The first-order valence-corrected chi connectivity index (χ1v) is 7.72. The third-order valence-corrected chi connectivity index (χ3v) is 3.65. The number of carbonyl (C=O) groups is 1. The summed E-state index contributed by atoms with van der Waals surface area (Å²) in [6, 6.07) is 11.1. The molecule has 1 amide bonds. The van der Waals surface area contributed by atoms with Crippen molar-refractivity contribution in [1.29, 1.82) is 0 Å². The van der Waals surface area contributed by atoms with Crippen molar-refractivity contribution < 1.29 is 19.2 Å². The van der Waals surface area contributed by atoms with Crippen molar-refractivity contribution in [2.75, 3.05) is 13.7 Å². The highest BCUT2D eigenvalue weighted by Crippen LogP contribution is 2.26. The van der Waals surface area contributed by atoms with Crippen LogP contribution in [0.4, 0.5) is 5.69 Å². The van der Waals surface area contributed by atoms with Crippen LogP contribution < -0.4 is 14.8 Å². The van der Waals surface area contributed by atoms with Crippen LogP contribution in [0, 0.1) is 17.0 Å². The number of amides is 1. The van der Waals surface area contributed by atoms with Crippen molar-refractivity contribution in [3.05, 3.63) is 63.7 Å². The molecule has 0 aliphatic carbocycles. The molecule has 0 aliphatic rings. The molecule has 0 saturated carbocycles. The Kier molecular flexibility index (Phi) is 5.94. The number of nitro benzene ring substituents is 1. The van der Waals surface area contributed by atoms with E-state index in [1.165, 1.54) is 24.3 Å². The number of rotatable bonds is 7. The molecule has 0 aromatic heterocycles. The van der Waals surface area contributed by atoms with Crippen LogP contribution in [0.3, 0.4) is 0 Å². The van der Waals surface area contributed by atoms with Gasteiger partial charge < -0.3 is 14.8 Å². The first-order valence-electron chi connectivity index (χ1n) is 7.72. The van der Waals surface area contributed by atoms with E-state index in [-0.39, 0.29) is 24.2 Å². The van der Waals surface area contributed by atoms with Gasteiger partial charge in [0.1, 0.15) is 11.5 Å². The second-order valence-corrected chi connectivity index (χ2v) is 5.57. The summed E-state index contributed by atoms with van der Waals surface area (Å²) in [7, 11) is 1.58. The molecule has 2 aromatic rings. The molecule has 1 unspecified atom stereocenters. The molecule has 0 aliphatic heterocycles. The molecule has 132 valence electrons. The Bertz CT molecular complexity index is 759. The van der Waals surface area contributed by atoms with Crippen molar-refractivity contribution in [3.63, 3.8) is 0 Å². The summed E-state index contributed by atoms with van der Waals surface area (Å²) in [5.74, 6) is 0.797. The van der Waals surface area contributed by atoms with Crippen LogP contribution >= 0.6 is 0 Å². The Morgan fingerprint density at radius 3 is 2.52 bits per heavy atom. The van der Waals surface area contributed by atoms with Gasteiger partial charge in [-0.3, -0.25) is 14.9 Å². The Balaban J connectivity index is 1.93. The normalized spacial score (nSPS) is 11.5. The van der Waals surface area contributed by atoms with E-state index in [9.17, 15) is 14.9 Å². The standard InChI is InChI=1S/C18H20N2O5/c1-12-4-9-17(24-3)16(10-12)13(2)19-18(21)11-25-15-7-5-14(6-8-15)20(22)23/h4-10,13H,11H2,1-3H3,(H,19,21). The van der Waals surface area contributed by atoms with Gasteiger partial charge in [-0.1, -0.05) is 17.7 Å². The minimum absolute atomic E-state index is 0.0306. The van der Waals surface area contributed by atoms with Gasteiger partial charge in [0.25, 0.3) is 11.6 Å². The summed E-state index contributed by atoms with van der Waals surface area (Å²) in [5, 5.41) is 13.4. The molecule has 1 N–H and O–H groups in total. The Morgan fingerprint density at radius 2 is 1.92 bits per heavy atom. The zero-order chi connectivity index (χ0) is 18.4. The number of methoxy groups -OCH3 is 1. The predicted octanol–water partition coefficient (Wildman–Crippen LogP) is 3.17. The van der Waals surface area contributed by atoms with E-state index in [4.69, 9.17) is 9.47 Å². The predicted molar refractivity (Wildman–Crippen MR) is 92.9 cm³/mol. The molecule has 1 atom stereocenters. The lowest BCUT2D eigenvalue weighted by molar-refractivity contribution is -0.384. The van der Waals surface area contributed by atoms with Crippen LogP contribution in [0.15, 0.2) is 42.5 Å². The van der Waals surface area contributed by atoms with Crippen molar-refractivity contribution >= 4 is 11.6 Å². The van der Waals surface area contributed by atoms with E-state index in [2.05, 4.69) is 5.32 Å². The van der Waals surface area contributed by atoms with Gasteiger partial charge in [-0.2, -0.15) is 0 Å². The Labute approximate surface area is 145 Å². The zero-order valence-corrected chi connectivity index (χ0v) is 14.3. The molecule has 0 bridgehead atoms. The van der Waals surface area contributed by atoms with Gasteiger partial charge in [0.15, 0.2) is 6.61 Å². The lowest BCUT2D eigenvalue weighted by Gasteiger charge is -2.18. The van der Waals surface area contributed by atoms with Crippen LogP contribution in [0.5, 0.6) is 11.5 Å². The monoisotopic (exact) mass is 344 g/mol. The fourth-order valence-electron chi connectivity index (χ4n) is 2.37. The van der Waals surface area contributed by atoms with E-state index >= 15 is 0 Å². The first-order chi connectivity index (χ1) is 11.9. The first kappa shape index (κ1) is 18.3. The lowest BCUT2D eigenvalue weighted by atomic mass is 10.0. The second kappa shape index (κ2) is 8.14. The average molecular weight is 344 g/mol. The third-order valence-electron chi connectivity index (χ3n) is 3.65. The number of nitrogens with zero attached hydrogens (tertiary/aromatic N) is 1. The van der Waals surface area contributed by atoms with E-state index in [0.29, 0.717) is 11.5 Å². The van der Waals surface area contributed by atoms with E-state index in [0.717, 1.165) is 11.1 Å². The third kappa shape index (κ3) is 4.94. The van der Waals surface area contributed by atoms with Gasteiger partial charge in [-0.05, 0) is 32.0 Å². The maximum absolute atomic E-state index is 12.1. The molecule has 7 nitrogen and oxygen atoms in total. The summed E-state index contributed by atoms with van der Waals surface area (Å²) < 4.78 is 10.7. The molecule has 2 rings (SSSR count). The molecular formula is C18H20N2O5. The van der Waals surface area contributed by atoms with Crippen LogP contribution in [0.25, 0.3) is 0 Å². The number of nitro groups is 1. The second-order valence-electron chi connectivity index (χ2n) is 5.57. The fourth-order valence-corrected chi connectivity index (χ4v) is 2.37. The number of hydrogen-bond acceptors (Lipinski definition) is 5. The highest BCUT2D eigenvalue weighted by Gasteiger charge is 2.15. The summed E-state index contributed by atoms with van der Waals surface area (Å²) in [6.07, 6.45) is 0. The van der Waals surface area contributed by atoms with E-state index in [1.54, 1.807) is 7.11 Å². The van der Waals surface area contributed by atoms with E-state index < -0.39 is 4.92 Å². The summed E-state index contributed by atoms with van der Waals surface area (Å²) >= 11 is 0. The molecular weight excluding hydrogens is 324 g/mol. The number of nitrogens with one attached hydrogen (secondary N) is 1. The fraction of sp³-hybridized carbons (Fsp3) is 0.278. The molecule has 0 heterocycles. The minimum atomic E-state index is -0.493. The SMILES string of the molecule is COc1ccc(C)cc1C(C)NC(=O)COc1ccc([N+](=O)[O-])cc1. The van der Waals surface area contributed by atoms with Crippen LogP contribution in [-0.4, -0.2) is 24.5 Å². The minimum Gasteiger partial charge on any atom is -0.496 e. The van der Waals surface area contributed by atoms with E-state index in [1.807, 2.05) is 32.0 Å². The highest BCUT2D eigenvalue weighted by atomic mass is 16.6. The zero-order valence-electron chi connectivity index (χ0n) is 14.3. The molecule has 0 saturated heterocycles. The Hall–Kier alpha value is -3.09. The topological polar surface area (TPSA) is 90.7 Å². The molecule has 7 heteroatoms. The van der Waals surface area contributed by atoms with Crippen molar-refractivity contribution in [2.45, 2.75) is 19.9 Å². The number of carbonyl (C=O) groups excluding carboxylic acids is 1. The van der Waals surface area contributed by atoms with Gasteiger partial charge in [-0.25, -0.2) is 0 Å². The summed E-state index contributed by atoms with van der Waals surface area (Å²) in [5.41, 5.74) is 1.92. The number of hydrogen-bond donors (Lipinski definition) is 1. The molecule has 0 radical (unpaired) electrons. The summed E-state index contributed by atoms with van der Waals surface area (Å²) in [4.78, 5) is 22.2.